The van der Waals surface area contributed by atoms with Crippen LogP contribution in [0.25, 0.3) is 0 Å². The molecular formula is C13H18BrNO2. The molecule has 1 saturated heterocycles. The van der Waals surface area contributed by atoms with Crippen molar-refractivity contribution in [3.05, 3.63) is 28.2 Å². The zero-order chi connectivity index (χ0) is 12.3. The number of aliphatic hydroxyl groups is 1. The lowest BCUT2D eigenvalue weighted by Gasteiger charge is -2.30. The van der Waals surface area contributed by atoms with Gasteiger partial charge in [-0.2, -0.15) is 0 Å². The Kier molecular flexibility index (Phi) is 4.42. The molecule has 1 fully saturated rings. The molecule has 4 heteroatoms. The number of halogens is 1. The van der Waals surface area contributed by atoms with E-state index in [0.717, 1.165) is 42.7 Å². The maximum atomic E-state index is 9.65. The van der Waals surface area contributed by atoms with E-state index < -0.39 is 0 Å². The molecule has 1 N–H and O–H groups in total. The Morgan fingerprint density at radius 3 is 3.06 bits per heavy atom. The summed E-state index contributed by atoms with van der Waals surface area (Å²) in [4.78, 5) is 2.29. The number of methoxy groups -OCH3 is 1. The highest BCUT2D eigenvalue weighted by molar-refractivity contribution is 9.10. The largest absolute Gasteiger partial charge is 0.497 e. The fourth-order valence-electron chi connectivity index (χ4n) is 2.21. The van der Waals surface area contributed by atoms with Crippen molar-refractivity contribution < 1.29 is 9.84 Å². The molecule has 0 aliphatic carbocycles. The number of benzene rings is 1. The van der Waals surface area contributed by atoms with Crippen molar-refractivity contribution in [2.75, 3.05) is 20.2 Å². The van der Waals surface area contributed by atoms with Gasteiger partial charge < -0.3 is 9.84 Å². The van der Waals surface area contributed by atoms with Crippen LogP contribution in [0.2, 0.25) is 0 Å². The lowest BCUT2D eigenvalue weighted by Crippen LogP contribution is -2.37. The minimum atomic E-state index is -0.173. The molecular weight excluding hydrogens is 282 g/mol. The van der Waals surface area contributed by atoms with Gasteiger partial charge in [-0.1, -0.05) is 15.9 Å². The van der Waals surface area contributed by atoms with Gasteiger partial charge in [-0.05, 0) is 43.1 Å². The molecule has 3 nitrogen and oxygen atoms in total. The van der Waals surface area contributed by atoms with E-state index in [4.69, 9.17) is 4.74 Å². The summed E-state index contributed by atoms with van der Waals surface area (Å²) in [5.74, 6) is 0.876. The standard InChI is InChI=1S/C13H18BrNO2/c1-17-12-4-5-13(14)10(7-12)8-15-6-2-3-11(16)9-15/h4-5,7,11,16H,2-3,6,8-9H2,1H3. The number of ether oxygens (including phenoxy) is 1. The van der Waals surface area contributed by atoms with E-state index in [9.17, 15) is 5.11 Å². The Morgan fingerprint density at radius 2 is 2.35 bits per heavy atom. The van der Waals surface area contributed by atoms with E-state index >= 15 is 0 Å². The lowest BCUT2D eigenvalue weighted by atomic mass is 10.1. The molecule has 1 aliphatic rings. The van der Waals surface area contributed by atoms with Gasteiger partial charge in [-0.3, -0.25) is 4.90 Å². The highest BCUT2D eigenvalue weighted by Crippen LogP contribution is 2.24. The molecule has 0 radical (unpaired) electrons. The van der Waals surface area contributed by atoms with Crippen LogP contribution < -0.4 is 4.74 Å². The van der Waals surface area contributed by atoms with Gasteiger partial charge in [-0.25, -0.2) is 0 Å². The SMILES string of the molecule is COc1ccc(Br)c(CN2CCCC(O)C2)c1. The Morgan fingerprint density at radius 1 is 1.53 bits per heavy atom. The number of aliphatic hydroxyl groups excluding tert-OH is 1. The summed E-state index contributed by atoms with van der Waals surface area (Å²) < 4.78 is 6.33. The average Bonchev–Trinajstić information content (AvgIpc) is 2.32. The summed E-state index contributed by atoms with van der Waals surface area (Å²) in [6, 6.07) is 6.00. The first kappa shape index (κ1) is 12.9. The number of rotatable bonds is 3. The van der Waals surface area contributed by atoms with Crippen LogP contribution in [0, 0.1) is 0 Å². The second-order valence-electron chi connectivity index (χ2n) is 4.49. The van der Waals surface area contributed by atoms with Gasteiger partial charge in [0, 0.05) is 17.6 Å². The molecule has 94 valence electrons. The van der Waals surface area contributed by atoms with Gasteiger partial charge in [0.2, 0.25) is 0 Å². The van der Waals surface area contributed by atoms with Crippen molar-refractivity contribution >= 4 is 15.9 Å². The van der Waals surface area contributed by atoms with Crippen molar-refractivity contribution in [1.29, 1.82) is 0 Å². The Hall–Kier alpha value is -0.580. The third-order valence-corrected chi connectivity index (χ3v) is 3.90. The normalized spacial score (nSPS) is 21.5. The molecule has 1 heterocycles. The van der Waals surface area contributed by atoms with E-state index in [1.807, 2.05) is 18.2 Å². The van der Waals surface area contributed by atoms with E-state index in [0.29, 0.717) is 0 Å². The zero-order valence-electron chi connectivity index (χ0n) is 10.0. The zero-order valence-corrected chi connectivity index (χ0v) is 11.6. The highest BCUT2D eigenvalue weighted by atomic mass is 79.9. The van der Waals surface area contributed by atoms with Crippen LogP contribution >= 0.6 is 15.9 Å². The molecule has 2 rings (SSSR count). The molecule has 1 atom stereocenters. The summed E-state index contributed by atoms with van der Waals surface area (Å²) in [6.07, 6.45) is 1.83. The number of nitrogens with zero attached hydrogens (tertiary/aromatic N) is 1. The molecule has 0 aromatic heterocycles. The Labute approximate surface area is 111 Å². The minimum Gasteiger partial charge on any atom is -0.497 e. The number of piperidine rings is 1. The second kappa shape index (κ2) is 5.85. The summed E-state index contributed by atoms with van der Waals surface area (Å²) in [5.41, 5.74) is 1.21. The van der Waals surface area contributed by atoms with Crippen LogP contribution in [0.15, 0.2) is 22.7 Å². The van der Waals surface area contributed by atoms with Crippen molar-refractivity contribution in [3.63, 3.8) is 0 Å². The van der Waals surface area contributed by atoms with Gasteiger partial charge >= 0.3 is 0 Å². The van der Waals surface area contributed by atoms with Crippen LogP contribution in [0.1, 0.15) is 18.4 Å². The van der Waals surface area contributed by atoms with Crippen molar-refractivity contribution in [2.45, 2.75) is 25.5 Å². The third-order valence-electron chi connectivity index (χ3n) is 3.13. The molecule has 0 saturated carbocycles. The Balaban J connectivity index is 2.06. The van der Waals surface area contributed by atoms with Gasteiger partial charge in [0.15, 0.2) is 0 Å². The molecule has 1 aromatic rings. The van der Waals surface area contributed by atoms with E-state index in [2.05, 4.69) is 20.8 Å². The third kappa shape index (κ3) is 3.44. The monoisotopic (exact) mass is 299 g/mol. The quantitative estimate of drug-likeness (QED) is 0.930. The molecule has 0 bridgehead atoms. The summed E-state index contributed by atoms with van der Waals surface area (Å²) >= 11 is 3.56. The smallest absolute Gasteiger partial charge is 0.119 e. The number of hydrogen-bond acceptors (Lipinski definition) is 3. The van der Waals surface area contributed by atoms with Crippen LogP contribution in [-0.4, -0.2) is 36.3 Å². The van der Waals surface area contributed by atoms with Crippen LogP contribution in [-0.2, 0) is 6.54 Å². The Bertz CT molecular complexity index is 384. The lowest BCUT2D eigenvalue weighted by molar-refractivity contribution is 0.0667. The fraction of sp³-hybridized carbons (Fsp3) is 0.538. The maximum absolute atomic E-state index is 9.65. The second-order valence-corrected chi connectivity index (χ2v) is 5.34. The van der Waals surface area contributed by atoms with Crippen LogP contribution in [0.5, 0.6) is 5.75 Å². The first-order valence-corrected chi connectivity index (χ1v) is 6.71. The van der Waals surface area contributed by atoms with Gasteiger partial charge in [-0.15, -0.1) is 0 Å². The van der Waals surface area contributed by atoms with Gasteiger partial charge in [0.25, 0.3) is 0 Å². The highest BCUT2D eigenvalue weighted by Gasteiger charge is 2.18. The number of likely N-dealkylation sites (tertiary alicyclic amines) is 1. The topological polar surface area (TPSA) is 32.7 Å². The molecule has 17 heavy (non-hydrogen) atoms. The average molecular weight is 300 g/mol. The molecule has 1 aromatic carbocycles. The van der Waals surface area contributed by atoms with Gasteiger partial charge in [0.1, 0.15) is 5.75 Å². The van der Waals surface area contributed by atoms with Crippen molar-refractivity contribution in [2.24, 2.45) is 0 Å². The molecule has 0 spiro atoms. The van der Waals surface area contributed by atoms with E-state index in [1.165, 1.54) is 5.56 Å². The van der Waals surface area contributed by atoms with Crippen molar-refractivity contribution in [3.8, 4) is 5.75 Å². The minimum absolute atomic E-state index is 0.173. The van der Waals surface area contributed by atoms with E-state index in [1.54, 1.807) is 7.11 Å². The number of hydrogen-bond donors (Lipinski definition) is 1. The molecule has 1 unspecified atom stereocenters. The molecule has 0 amide bonds. The first-order valence-electron chi connectivity index (χ1n) is 5.92. The van der Waals surface area contributed by atoms with Gasteiger partial charge in [0.05, 0.1) is 13.2 Å². The molecule has 1 aliphatic heterocycles. The maximum Gasteiger partial charge on any atom is 0.119 e. The van der Waals surface area contributed by atoms with Crippen LogP contribution in [0.3, 0.4) is 0 Å². The van der Waals surface area contributed by atoms with Crippen molar-refractivity contribution in [1.82, 2.24) is 4.90 Å². The summed E-state index contributed by atoms with van der Waals surface area (Å²) in [6.45, 7) is 2.68. The summed E-state index contributed by atoms with van der Waals surface area (Å²) in [5, 5.41) is 9.65. The van der Waals surface area contributed by atoms with E-state index in [-0.39, 0.29) is 6.10 Å². The fourth-order valence-corrected chi connectivity index (χ4v) is 2.59. The van der Waals surface area contributed by atoms with Crippen LogP contribution in [0.4, 0.5) is 0 Å². The number of β-amino-alcohol motifs (C(OH)–C–C–N with tert-alkyl or cyclic N) is 1. The summed E-state index contributed by atoms with van der Waals surface area (Å²) in [7, 11) is 1.68. The predicted octanol–water partition coefficient (Wildman–Crippen LogP) is 2.41. The first-order chi connectivity index (χ1) is 8.19. The predicted molar refractivity (Wildman–Crippen MR) is 71.2 cm³/mol.